The van der Waals surface area contributed by atoms with Gasteiger partial charge >= 0.3 is 0 Å². The zero-order valence-corrected chi connectivity index (χ0v) is 11.7. The van der Waals surface area contributed by atoms with E-state index in [1.165, 1.54) is 5.56 Å². The first-order valence-corrected chi connectivity index (χ1v) is 6.37. The van der Waals surface area contributed by atoms with Crippen LogP contribution in [0.25, 0.3) is 0 Å². The van der Waals surface area contributed by atoms with Gasteiger partial charge in [-0.3, -0.25) is 4.68 Å². The summed E-state index contributed by atoms with van der Waals surface area (Å²) in [5.74, 6) is 0. The molecule has 1 aromatic rings. The Bertz CT molecular complexity index is 349. The SMILES string of the molecule is CCCNC(CN)c1cn(C)nc1C(C)(C)C. The number of hydrogen-bond acceptors (Lipinski definition) is 3. The Morgan fingerprint density at radius 1 is 1.47 bits per heavy atom. The zero-order valence-electron chi connectivity index (χ0n) is 11.7. The van der Waals surface area contributed by atoms with E-state index >= 15 is 0 Å². The molecule has 0 saturated carbocycles. The number of hydrogen-bond donors (Lipinski definition) is 2. The average Bonchev–Trinajstić information content (AvgIpc) is 2.61. The minimum absolute atomic E-state index is 0.0535. The molecule has 0 aliphatic heterocycles. The molecule has 0 spiro atoms. The molecule has 1 heterocycles. The highest BCUT2D eigenvalue weighted by molar-refractivity contribution is 5.27. The quantitative estimate of drug-likeness (QED) is 0.821. The molecular weight excluding hydrogens is 212 g/mol. The second-order valence-corrected chi connectivity index (χ2v) is 5.60. The lowest BCUT2D eigenvalue weighted by atomic mass is 9.87. The van der Waals surface area contributed by atoms with E-state index in [9.17, 15) is 0 Å². The van der Waals surface area contributed by atoms with Crippen LogP contribution in [0.4, 0.5) is 0 Å². The summed E-state index contributed by atoms with van der Waals surface area (Å²) in [5.41, 5.74) is 8.29. The van der Waals surface area contributed by atoms with Gasteiger partial charge in [0.1, 0.15) is 0 Å². The van der Waals surface area contributed by atoms with Crippen molar-refractivity contribution in [2.75, 3.05) is 13.1 Å². The first-order valence-electron chi connectivity index (χ1n) is 6.37. The van der Waals surface area contributed by atoms with Gasteiger partial charge in [0, 0.05) is 36.8 Å². The lowest BCUT2D eigenvalue weighted by molar-refractivity contribution is 0.506. The van der Waals surface area contributed by atoms with Crippen LogP contribution in [0, 0.1) is 0 Å². The van der Waals surface area contributed by atoms with E-state index in [4.69, 9.17) is 5.73 Å². The molecular formula is C13H26N4. The Kier molecular flexibility index (Phi) is 4.71. The second kappa shape index (κ2) is 5.65. The monoisotopic (exact) mass is 238 g/mol. The van der Waals surface area contributed by atoms with Gasteiger partial charge in [-0.2, -0.15) is 5.10 Å². The van der Waals surface area contributed by atoms with Crippen molar-refractivity contribution < 1.29 is 0 Å². The highest BCUT2D eigenvalue weighted by Gasteiger charge is 2.25. The third-order valence-electron chi connectivity index (χ3n) is 2.82. The molecule has 1 aromatic heterocycles. The molecule has 0 aliphatic carbocycles. The smallest absolute Gasteiger partial charge is 0.0726 e. The van der Waals surface area contributed by atoms with E-state index in [0.717, 1.165) is 18.7 Å². The summed E-state index contributed by atoms with van der Waals surface area (Å²) in [4.78, 5) is 0. The maximum absolute atomic E-state index is 5.87. The molecule has 0 amide bonds. The van der Waals surface area contributed by atoms with Crippen molar-refractivity contribution in [3.05, 3.63) is 17.5 Å². The molecule has 0 radical (unpaired) electrons. The molecule has 1 atom stereocenters. The predicted octanol–water partition coefficient (Wildman–Crippen LogP) is 1.72. The van der Waals surface area contributed by atoms with Crippen LogP contribution < -0.4 is 11.1 Å². The van der Waals surface area contributed by atoms with Gasteiger partial charge in [-0.1, -0.05) is 27.7 Å². The molecule has 98 valence electrons. The minimum Gasteiger partial charge on any atom is -0.329 e. The molecule has 1 rings (SSSR count). The first kappa shape index (κ1) is 14.2. The van der Waals surface area contributed by atoms with E-state index in [2.05, 4.69) is 44.3 Å². The van der Waals surface area contributed by atoms with Crippen LogP contribution in [-0.2, 0) is 12.5 Å². The zero-order chi connectivity index (χ0) is 13.1. The topological polar surface area (TPSA) is 55.9 Å². The average molecular weight is 238 g/mol. The molecule has 0 saturated heterocycles. The second-order valence-electron chi connectivity index (χ2n) is 5.60. The Hall–Kier alpha value is -0.870. The molecule has 0 fully saturated rings. The molecule has 0 aliphatic rings. The van der Waals surface area contributed by atoms with E-state index in [0.29, 0.717) is 6.54 Å². The van der Waals surface area contributed by atoms with Crippen molar-refractivity contribution in [1.82, 2.24) is 15.1 Å². The lowest BCUT2D eigenvalue weighted by Crippen LogP contribution is -2.30. The van der Waals surface area contributed by atoms with Crippen molar-refractivity contribution in [1.29, 1.82) is 0 Å². The largest absolute Gasteiger partial charge is 0.329 e. The van der Waals surface area contributed by atoms with Crippen molar-refractivity contribution in [2.24, 2.45) is 12.8 Å². The predicted molar refractivity (Wildman–Crippen MR) is 72.0 cm³/mol. The molecule has 3 N–H and O–H groups in total. The number of aryl methyl sites for hydroxylation is 1. The normalized spacial score (nSPS) is 14.0. The minimum atomic E-state index is 0.0535. The van der Waals surface area contributed by atoms with Gasteiger partial charge in [-0.25, -0.2) is 0 Å². The fourth-order valence-corrected chi connectivity index (χ4v) is 1.98. The van der Waals surface area contributed by atoms with Crippen molar-refractivity contribution >= 4 is 0 Å². The van der Waals surface area contributed by atoms with Crippen LogP contribution in [0.3, 0.4) is 0 Å². The van der Waals surface area contributed by atoms with Gasteiger partial charge < -0.3 is 11.1 Å². The van der Waals surface area contributed by atoms with Crippen LogP contribution in [0.5, 0.6) is 0 Å². The van der Waals surface area contributed by atoms with Gasteiger partial charge in [0.2, 0.25) is 0 Å². The third-order valence-corrected chi connectivity index (χ3v) is 2.82. The van der Waals surface area contributed by atoms with Gasteiger partial charge in [0.25, 0.3) is 0 Å². The number of nitrogens with zero attached hydrogens (tertiary/aromatic N) is 2. The summed E-state index contributed by atoms with van der Waals surface area (Å²) in [6.45, 7) is 10.3. The van der Waals surface area contributed by atoms with Crippen molar-refractivity contribution in [3.8, 4) is 0 Å². The summed E-state index contributed by atoms with van der Waals surface area (Å²) in [7, 11) is 1.96. The highest BCUT2D eigenvalue weighted by Crippen LogP contribution is 2.27. The van der Waals surface area contributed by atoms with Crippen molar-refractivity contribution in [3.63, 3.8) is 0 Å². The molecule has 0 aromatic carbocycles. The van der Waals surface area contributed by atoms with Gasteiger partial charge in [-0.15, -0.1) is 0 Å². The third kappa shape index (κ3) is 3.54. The Balaban J connectivity index is 3.02. The molecule has 1 unspecified atom stereocenters. The van der Waals surface area contributed by atoms with Crippen LogP contribution in [0.2, 0.25) is 0 Å². The number of nitrogens with one attached hydrogen (secondary N) is 1. The summed E-state index contributed by atoms with van der Waals surface area (Å²) >= 11 is 0. The van der Waals surface area contributed by atoms with Gasteiger partial charge in [-0.05, 0) is 13.0 Å². The van der Waals surface area contributed by atoms with E-state index < -0.39 is 0 Å². The fraction of sp³-hybridized carbons (Fsp3) is 0.769. The number of nitrogens with two attached hydrogens (primary N) is 1. The highest BCUT2D eigenvalue weighted by atomic mass is 15.3. The molecule has 4 nitrogen and oxygen atoms in total. The summed E-state index contributed by atoms with van der Waals surface area (Å²) in [6.07, 6.45) is 3.20. The van der Waals surface area contributed by atoms with Crippen LogP contribution in [0.15, 0.2) is 6.20 Å². The summed E-state index contributed by atoms with van der Waals surface area (Å²) in [5, 5.41) is 8.06. The maximum Gasteiger partial charge on any atom is 0.0726 e. The van der Waals surface area contributed by atoms with Crippen LogP contribution in [-0.4, -0.2) is 22.9 Å². The van der Waals surface area contributed by atoms with E-state index in [-0.39, 0.29) is 11.5 Å². The molecule has 17 heavy (non-hydrogen) atoms. The van der Waals surface area contributed by atoms with Crippen molar-refractivity contribution in [2.45, 2.75) is 45.6 Å². The standard InChI is InChI=1S/C13H26N4/c1-6-7-15-11(8-14)10-9-17(5)16-12(10)13(2,3)4/h9,11,15H,6-8,14H2,1-5H3. The molecule has 4 heteroatoms. The Morgan fingerprint density at radius 2 is 2.12 bits per heavy atom. The van der Waals surface area contributed by atoms with Crippen LogP contribution >= 0.6 is 0 Å². The van der Waals surface area contributed by atoms with Gasteiger partial charge in [0.15, 0.2) is 0 Å². The first-order chi connectivity index (χ1) is 7.90. The Labute approximate surface area is 105 Å². The number of rotatable bonds is 5. The van der Waals surface area contributed by atoms with Gasteiger partial charge in [0.05, 0.1) is 5.69 Å². The maximum atomic E-state index is 5.87. The summed E-state index contributed by atoms with van der Waals surface area (Å²) < 4.78 is 1.88. The number of aromatic nitrogens is 2. The molecule has 0 bridgehead atoms. The van der Waals surface area contributed by atoms with E-state index in [1.807, 2.05) is 11.7 Å². The van der Waals surface area contributed by atoms with E-state index in [1.54, 1.807) is 0 Å². The summed E-state index contributed by atoms with van der Waals surface area (Å²) in [6, 6.07) is 0.206. The fourth-order valence-electron chi connectivity index (χ4n) is 1.98. The van der Waals surface area contributed by atoms with Crippen LogP contribution in [0.1, 0.15) is 51.4 Å². The Morgan fingerprint density at radius 3 is 2.59 bits per heavy atom. The lowest BCUT2D eigenvalue weighted by Gasteiger charge is -2.22.